The van der Waals surface area contributed by atoms with Crippen molar-refractivity contribution >= 4 is 11.6 Å². The molecular weight excluding hydrogens is 397 g/mol. The summed E-state index contributed by atoms with van der Waals surface area (Å²) in [5, 5.41) is 0. The number of nitrogens with two attached hydrogens (primary N) is 1. The van der Waals surface area contributed by atoms with Crippen LogP contribution in [0, 0.1) is 17.5 Å². The van der Waals surface area contributed by atoms with Crippen LogP contribution in [0.1, 0.15) is 24.1 Å². The van der Waals surface area contributed by atoms with Crippen LogP contribution in [0.25, 0.3) is 0 Å². The number of nitrogens with zero attached hydrogens (tertiary/aromatic N) is 5. The van der Waals surface area contributed by atoms with E-state index in [-0.39, 0.29) is 17.9 Å². The van der Waals surface area contributed by atoms with Crippen molar-refractivity contribution in [2.45, 2.75) is 25.4 Å². The highest BCUT2D eigenvalue weighted by Gasteiger charge is 2.23. The molecule has 1 fully saturated rings. The molecule has 0 saturated carbocycles. The van der Waals surface area contributed by atoms with Gasteiger partial charge in [0.2, 0.25) is 0 Å². The van der Waals surface area contributed by atoms with Gasteiger partial charge >= 0.3 is 6.01 Å². The third-order valence-corrected chi connectivity index (χ3v) is 4.80. The summed E-state index contributed by atoms with van der Waals surface area (Å²) in [6.07, 6.45) is 3.98. The molecule has 0 radical (unpaired) electrons. The van der Waals surface area contributed by atoms with E-state index in [2.05, 4.69) is 24.8 Å². The number of anilines is 2. The molecule has 0 bridgehead atoms. The van der Waals surface area contributed by atoms with E-state index < -0.39 is 17.5 Å². The zero-order valence-corrected chi connectivity index (χ0v) is 15.9. The van der Waals surface area contributed by atoms with E-state index in [0.717, 1.165) is 18.1 Å². The Kier molecular flexibility index (Phi) is 5.64. The Morgan fingerprint density at radius 2 is 1.73 bits per heavy atom. The van der Waals surface area contributed by atoms with Crippen molar-refractivity contribution in [3.05, 3.63) is 65.5 Å². The van der Waals surface area contributed by atoms with Gasteiger partial charge in [-0.15, -0.1) is 0 Å². The Labute approximate surface area is 170 Å². The largest absolute Gasteiger partial charge is 0.460 e. The van der Waals surface area contributed by atoms with Crippen molar-refractivity contribution in [3.8, 4) is 6.01 Å². The maximum absolute atomic E-state index is 13.4. The van der Waals surface area contributed by atoms with Gasteiger partial charge in [0.05, 0.1) is 11.9 Å². The minimum absolute atomic E-state index is 0.0546. The summed E-state index contributed by atoms with van der Waals surface area (Å²) in [4.78, 5) is 18.2. The van der Waals surface area contributed by atoms with Gasteiger partial charge in [-0.3, -0.25) is 0 Å². The zero-order chi connectivity index (χ0) is 21.1. The molecule has 30 heavy (non-hydrogen) atoms. The van der Waals surface area contributed by atoms with Crippen LogP contribution in [0.15, 0.2) is 36.8 Å². The number of aromatic nitrogens is 4. The summed E-state index contributed by atoms with van der Waals surface area (Å²) in [7, 11) is 0. The summed E-state index contributed by atoms with van der Waals surface area (Å²) in [5.41, 5.74) is 6.61. The zero-order valence-electron chi connectivity index (χ0n) is 15.9. The van der Waals surface area contributed by atoms with Crippen LogP contribution in [0.3, 0.4) is 0 Å². The lowest BCUT2D eigenvalue weighted by molar-refractivity contribution is 0.156. The van der Waals surface area contributed by atoms with Gasteiger partial charge in [-0.2, -0.15) is 4.98 Å². The predicted molar refractivity (Wildman–Crippen MR) is 103 cm³/mol. The Bertz CT molecular complexity index is 1020. The first-order valence-corrected chi connectivity index (χ1v) is 9.42. The monoisotopic (exact) mass is 416 g/mol. The highest BCUT2D eigenvalue weighted by molar-refractivity contribution is 5.40. The third-order valence-electron chi connectivity index (χ3n) is 4.80. The molecule has 0 aliphatic carbocycles. The Hall–Kier alpha value is -3.43. The highest BCUT2D eigenvalue weighted by Crippen LogP contribution is 2.22. The number of hydrogen-bond donors (Lipinski definition) is 1. The number of hydrogen-bond acceptors (Lipinski definition) is 7. The van der Waals surface area contributed by atoms with Gasteiger partial charge in [0.1, 0.15) is 29.9 Å². The topological polar surface area (TPSA) is 90.1 Å². The van der Waals surface area contributed by atoms with Crippen LogP contribution >= 0.6 is 0 Å². The van der Waals surface area contributed by atoms with Crippen molar-refractivity contribution < 1.29 is 17.9 Å². The van der Waals surface area contributed by atoms with E-state index in [4.69, 9.17) is 10.5 Å². The number of halogens is 3. The first-order chi connectivity index (χ1) is 14.5. The van der Waals surface area contributed by atoms with E-state index in [1.807, 2.05) is 6.07 Å². The number of nitrogen functional groups attached to an aromatic ring is 1. The molecule has 4 rings (SSSR count). The minimum atomic E-state index is -0.683. The second-order valence-electron chi connectivity index (χ2n) is 7.01. The van der Waals surface area contributed by atoms with E-state index in [1.165, 1.54) is 18.5 Å². The lowest BCUT2D eigenvalue weighted by Gasteiger charge is -2.32. The first-order valence-electron chi connectivity index (χ1n) is 9.42. The molecule has 3 heterocycles. The molecular formula is C20H19F3N6O. The normalized spacial score (nSPS) is 14.7. The Morgan fingerprint density at radius 1 is 1.00 bits per heavy atom. The Morgan fingerprint density at radius 3 is 2.43 bits per heavy atom. The quantitative estimate of drug-likeness (QED) is 0.684. The average molecular weight is 416 g/mol. The fourth-order valence-electron chi connectivity index (χ4n) is 3.35. The number of rotatable bonds is 5. The number of piperidine rings is 1. The van der Waals surface area contributed by atoms with Crippen molar-refractivity contribution in [1.82, 2.24) is 19.9 Å². The molecule has 3 aromatic rings. The second-order valence-corrected chi connectivity index (χ2v) is 7.01. The molecule has 156 valence electrons. The third kappa shape index (κ3) is 4.76. The molecule has 0 spiro atoms. The standard InChI is InChI=1S/C20H19F3N6O/c21-13-5-12(6-14(22)8-13)7-15-9-18(27-11-26-15)29-3-1-16(2-4-29)30-20-25-10-17(23)19(24)28-20/h5-6,8-11,16H,1-4,7H2,(H2,24,25,28). The van der Waals surface area contributed by atoms with Crippen LogP contribution < -0.4 is 15.4 Å². The van der Waals surface area contributed by atoms with Gasteiger partial charge in [-0.05, 0) is 17.7 Å². The number of ether oxygens (including phenoxy) is 1. The maximum atomic E-state index is 13.4. The number of benzene rings is 1. The van der Waals surface area contributed by atoms with E-state index >= 15 is 0 Å². The van der Waals surface area contributed by atoms with Gasteiger partial charge in [0.25, 0.3) is 0 Å². The van der Waals surface area contributed by atoms with Crippen LogP contribution in [-0.2, 0) is 6.42 Å². The summed E-state index contributed by atoms with van der Waals surface area (Å²) >= 11 is 0. The molecule has 0 amide bonds. The highest BCUT2D eigenvalue weighted by atomic mass is 19.1. The molecule has 0 atom stereocenters. The fourth-order valence-corrected chi connectivity index (χ4v) is 3.35. The minimum Gasteiger partial charge on any atom is -0.460 e. The van der Waals surface area contributed by atoms with E-state index in [9.17, 15) is 13.2 Å². The lowest BCUT2D eigenvalue weighted by Crippen LogP contribution is -2.39. The van der Waals surface area contributed by atoms with Crippen LogP contribution in [-0.4, -0.2) is 39.1 Å². The van der Waals surface area contributed by atoms with Crippen LogP contribution in [0.2, 0.25) is 0 Å². The van der Waals surface area contributed by atoms with E-state index in [0.29, 0.717) is 43.6 Å². The van der Waals surface area contributed by atoms with Gasteiger partial charge in [-0.1, -0.05) is 0 Å². The molecule has 1 aliphatic heterocycles. The molecule has 2 aromatic heterocycles. The van der Waals surface area contributed by atoms with Gasteiger partial charge in [0.15, 0.2) is 11.6 Å². The molecule has 0 unspecified atom stereocenters. The lowest BCUT2D eigenvalue weighted by atomic mass is 10.1. The molecule has 1 aliphatic rings. The smallest absolute Gasteiger partial charge is 0.318 e. The SMILES string of the molecule is Nc1nc(OC2CCN(c3cc(Cc4cc(F)cc(F)c4)ncn3)CC2)ncc1F. The average Bonchev–Trinajstić information content (AvgIpc) is 2.71. The fraction of sp³-hybridized carbons (Fsp3) is 0.300. The maximum Gasteiger partial charge on any atom is 0.318 e. The predicted octanol–water partition coefficient (Wildman–Crippen LogP) is 2.90. The van der Waals surface area contributed by atoms with Crippen molar-refractivity contribution in [2.24, 2.45) is 0 Å². The summed E-state index contributed by atoms with van der Waals surface area (Å²) in [6, 6.07) is 5.29. The van der Waals surface area contributed by atoms with Gasteiger partial charge in [-0.25, -0.2) is 28.1 Å². The van der Waals surface area contributed by atoms with Crippen molar-refractivity contribution in [3.63, 3.8) is 0 Å². The summed E-state index contributed by atoms with van der Waals surface area (Å²) < 4.78 is 45.7. The van der Waals surface area contributed by atoms with Crippen molar-refractivity contribution in [2.75, 3.05) is 23.7 Å². The molecule has 2 N–H and O–H groups in total. The van der Waals surface area contributed by atoms with Crippen LogP contribution in [0.5, 0.6) is 6.01 Å². The van der Waals surface area contributed by atoms with E-state index in [1.54, 1.807) is 0 Å². The molecule has 1 aromatic carbocycles. The van der Waals surface area contributed by atoms with Gasteiger partial charge < -0.3 is 15.4 Å². The molecule has 1 saturated heterocycles. The van der Waals surface area contributed by atoms with Crippen molar-refractivity contribution in [1.29, 1.82) is 0 Å². The molecule has 10 heteroatoms. The van der Waals surface area contributed by atoms with Crippen LogP contribution in [0.4, 0.5) is 24.8 Å². The summed E-state index contributed by atoms with van der Waals surface area (Å²) in [6.45, 7) is 1.35. The first kappa shape index (κ1) is 19.9. The summed E-state index contributed by atoms with van der Waals surface area (Å²) in [5.74, 6) is -1.43. The second kappa shape index (κ2) is 8.52. The Balaban J connectivity index is 1.37. The molecule has 7 nitrogen and oxygen atoms in total. The van der Waals surface area contributed by atoms with Gasteiger partial charge in [0, 0.05) is 44.5 Å².